The first-order valence-corrected chi connectivity index (χ1v) is 9.27. The van der Waals surface area contributed by atoms with Crippen LogP contribution >= 0.6 is 11.6 Å². The summed E-state index contributed by atoms with van der Waals surface area (Å²) in [4.78, 5) is 16.8. The van der Waals surface area contributed by atoms with Gasteiger partial charge in [-0.05, 0) is 52.4 Å². The third-order valence-electron chi connectivity index (χ3n) is 4.80. The minimum Gasteiger partial charge on any atom is -0.336 e. The van der Waals surface area contributed by atoms with Gasteiger partial charge in [-0.25, -0.2) is 9.07 Å². The Hall–Kier alpha value is -2.84. The predicted octanol–water partition coefficient (Wildman–Crippen LogP) is 2.41. The highest BCUT2D eigenvalue weighted by molar-refractivity contribution is 6.31. The fraction of sp³-hybridized carbons (Fsp3) is 0.263. The molecule has 4 rings (SSSR count). The molecule has 2 aromatic carbocycles. The summed E-state index contributed by atoms with van der Waals surface area (Å²) in [6.07, 6.45) is 1.50. The standard InChI is InChI=1S/C19H18ClFN6O/c20-18-11-16(21)4-1-15(18)12-25-7-9-26(10-8-25)19(28)14-2-5-17(6-3-14)27-13-22-23-24-27/h1-6,11,13H,7-10,12H2. The maximum Gasteiger partial charge on any atom is 0.253 e. The van der Waals surface area contributed by atoms with Gasteiger partial charge in [0.25, 0.3) is 5.91 Å². The van der Waals surface area contributed by atoms with Crippen molar-refractivity contribution < 1.29 is 9.18 Å². The predicted molar refractivity (Wildman–Crippen MR) is 102 cm³/mol. The van der Waals surface area contributed by atoms with Crippen LogP contribution in [0.4, 0.5) is 4.39 Å². The van der Waals surface area contributed by atoms with Crippen LogP contribution in [0.2, 0.25) is 5.02 Å². The number of amides is 1. The van der Waals surface area contributed by atoms with Crippen molar-refractivity contribution in [2.45, 2.75) is 6.54 Å². The van der Waals surface area contributed by atoms with E-state index < -0.39 is 0 Å². The van der Waals surface area contributed by atoms with Gasteiger partial charge >= 0.3 is 0 Å². The third-order valence-corrected chi connectivity index (χ3v) is 5.15. The summed E-state index contributed by atoms with van der Waals surface area (Å²) < 4.78 is 14.7. The quantitative estimate of drug-likeness (QED) is 0.672. The van der Waals surface area contributed by atoms with Crippen LogP contribution in [-0.4, -0.2) is 62.1 Å². The summed E-state index contributed by atoms with van der Waals surface area (Å²) in [7, 11) is 0. The van der Waals surface area contributed by atoms with Crippen LogP contribution in [0.1, 0.15) is 15.9 Å². The minimum atomic E-state index is -0.338. The number of hydrogen-bond acceptors (Lipinski definition) is 5. The molecule has 1 aliphatic rings. The number of halogens is 2. The first-order chi connectivity index (χ1) is 13.6. The van der Waals surface area contributed by atoms with Gasteiger partial charge in [-0.15, -0.1) is 5.10 Å². The van der Waals surface area contributed by atoms with Gasteiger partial charge in [0.2, 0.25) is 0 Å². The fourth-order valence-corrected chi connectivity index (χ4v) is 3.45. The Labute approximate surface area is 166 Å². The van der Waals surface area contributed by atoms with Gasteiger partial charge in [0.15, 0.2) is 0 Å². The van der Waals surface area contributed by atoms with Crippen molar-refractivity contribution in [3.05, 3.63) is 70.8 Å². The Morgan fingerprint density at radius 2 is 1.82 bits per heavy atom. The average molecular weight is 401 g/mol. The lowest BCUT2D eigenvalue weighted by atomic mass is 10.1. The average Bonchev–Trinajstić information content (AvgIpc) is 3.25. The first kappa shape index (κ1) is 18.5. The molecule has 1 aliphatic heterocycles. The van der Waals surface area contributed by atoms with Gasteiger partial charge < -0.3 is 4.90 Å². The summed E-state index contributed by atoms with van der Waals surface area (Å²) in [5, 5.41) is 11.5. The zero-order valence-electron chi connectivity index (χ0n) is 15.0. The molecule has 1 saturated heterocycles. The van der Waals surface area contributed by atoms with Gasteiger partial charge in [-0.3, -0.25) is 9.69 Å². The number of piperazine rings is 1. The van der Waals surface area contributed by atoms with Gasteiger partial charge in [0.05, 0.1) is 5.69 Å². The molecule has 0 spiro atoms. The summed E-state index contributed by atoms with van der Waals surface area (Å²) >= 11 is 6.11. The third kappa shape index (κ3) is 4.02. The SMILES string of the molecule is O=C(c1ccc(-n2cnnn2)cc1)N1CCN(Cc2ccc(F)cc2Cl)CC1. The molecular formula is C19H18ClFN6O. The molecule has 0 unspecified atom stereocenters. The molecule has 7 nitrogen and oxygen atoms in total. The van der Waals surface area contributed by atoms with Gasteiger partial charge in [-0.1, -0.05) is 17.7 Å². The Bertz CT molecular complexity index is 955. The van der Waals surface area contributed by atoms with Crippen LogP contribution in [0.15, 0.2) is 48.8 Å². The number of rotatable bonds is 4. The monoisotopic (exact) mass is 400 g/mol. The van der Waals surface area contributed by atoms with Crippen LogP contribution in [0.3, 0.4) is 0 Å². The molecule has 28 heavy (non-hydrogen) atoms. The van der Waals surface area contributed by atoms with E-state index >= 15 is 0 Å². The second kappa shape index (κ2) is 8.04. The van der Waals surface area contributed by atoms with Crippen molar-refractivity contribution in [1.29, 1.82) is 0 Å². The van der Waals surface area contributed by atoms with Crippen LogP contribution in [-0.2, 0) is 6.54 Å². The Morgan fingerprint density at radius 3 is 2.46 bits per heavy atom. The molecule has 0 N–H and O–H groups in total. The molecule has 3 aromatic rings. The summed E-state index contributed by atoms with van der Waals surface area (Å²) in [5.41, 5.74) is 2.32. The fourth-order valence-electron chi connectivity index (χ4n) is 3.22. The highest BCUT2D eigenvalue weighted by Gasteiger charge is 2.22. The molecule has 2 heterocycles. The Kier molecular flexibility index (Phi) is 5.31. The van der Waals surface area contributed by atoms with Crippen molar-refractivity contribution in [3.63, 3.8) is 0 Å². The first-order valence-electron chi connectivity index (χ1n) is 8.89. The largest absolute Gasteiger partial charge is 0.336 e. The van der Waals surface area contributed by atoms with Gasteiger partial charge in [0, 0.05) is 43.3 Å². The molecule has 9 heteroatoms. The smallest absolute Gasteiger partial charge is 0.253 e. The summed E-state index contributed by atoms with van der Waals surface area (Å²) in [6.45, 7) is 3.38. The molecule has 0 bridgehead atoms. The number of aromatic nitrogens is 4. The van der Waals surface area contributed by atoms with Crippen molar-refractivity contribution in [2.24, 2.45) is 0 Å². The van der Waals surface area contributed by atoms with E-state index in [4.69, 9.17) is 11.6 Å². The lowest BCUT2D eigenvalue weighted by Crippen LogP contribution is -2.48. The number of hydrogen-bond donors (Lipinski definition) is 0. The van der Waals surface area contributed by atoms with Crippen molar-refractivity contribution in [2.75, 3.05) is 26.2 Å². The van der Waals surface area contributed by atoms with E-state index in [0.29, 0.717) is 30.2 Å². The maximum atomic E-state index is 13.2. The molecule has 0 aliphatic carbocycles. The highest BCUT2D eigenvalue weighted by atomic mass is 35.5. The van der Waals surface area contributed by atoms with Crippen molar-refractivity contribution in [1.82, 2.24) is 30.0 Å². The van der Waals surface area contributed by atoms with E-state index in [0.717, 1.165) is 24.3 Å². The molecule has 0 saturated carbocycles. The molecule has 1 amide bonds. The van der Waals surface area contributed by atoms with Gasteiger partial charge in [0.1, 0.15) is 12.1 Å². The number of tetrazole rings is 1. The molecule has 0 radical (unpaired) electrons. The number of benzene rings is 2. The van der Waals surface area contributed by atoms with Crippen molar-refractivity contribution >= 4 is 17.5 Å². The molecule has 144 valence electrons. The maximum absolute atomic E-state index is 13.2. The summed E-state index contributed by atoms with van der Waals surface area (Å²) in [5.74, 6) is -0.335. The normalized spacial score (nSPS) is 15.0. The molecule has 0 atom stereocenters. The second-order valence-electron chi connectivity index (χ2n) is 6.61. The molecular weight excluding hydrogens is 383 g/mol. The topological polar surface area (TPSA) is 67.2 Å². The molecule has 1 fully saturated rings. The van der Waals surface area contributed by atoms with E-state index in [-0.39, 0.29) is 11.7 Å². The minimum absolute atomic E-state index is 0.00253. The van der Waals surface area contributed by atoms with E-state index in [9.17, 15) is 9.18 Å². The second-order valence-corrected chi connectivity index (χ2v) is 7.01. The molecule has 1 aromatic heterocycles. The number of carbonyl (C=O) groups is 1. The lowest BCUT2D eigenvalue weighted by molar-refractivity contribution is 0.0628. The van der Waals surface area contributed by atoms with E-state index in [1.54, 1.807) is 18.2 Å². The van der Waals surface area contributed by atoms with E-state index in [1.807, 2.05) is 17.0 Å². The van der Waals surface area contributed by atoms with Crippen LogP contribution in [0.25, 0.3) is 5.69 Å². The summed E-state index contributed by atoms with van der Waals surface area (Å²) in [6, 6.07) is 11.7. The number of nitrogens with zero attached hydrogens (tertiary/aromatic N) is 6. The van der Waals surface area contributed by atoms with Crippen LogP contribution in [0.5, 0.6) is 0 Å². The van der Waals surface area contributed by atoms with Crippen LogP contribution < -0.4 is 0 Å². The number of carbonyl (C=O) groups excluding carboxylic acids is 1. The van der Waals surface area contributed by atoms with E-state index in [1.165, 1.54) is 23.1 Å². The van der Waals surface area contributed by atoms with E-state index in [2.05, 4.69) is 20.4 Å². The highest BCUT2D eigenvalue weighted by Crippen LogP contribution is 2.20. The van der Waals surface area contributed by atoms with Crippen molar-refractivity contribution in [3.8, 4) is 5.69 Å². The Morgan fingerprint density at radius 1 is 1.07 bits per heavy atom. The van der Waals surface area contributed by atoms with Crippen LogP contribution in [0, 0.1) is 5.82 Å². The zero-order valence-corrected chi connectivity index (χ0v) is 15.8. The zero-order chi connectivity index (χ0) is 19.5. The Balaban J connectivity index is 1.35. The van der Waals surface area contributed by atoms with Gasteiger partial charge in [-0.2, -0.15) is 0 Å². The lowest BCUT2D eigenvalue weighted by Gasteiger charge is -2.35.